The number of anilines is 1. The number of halogens is 1. The molecule has 1 atom stereocenters. The van der Waals surface area contributed by atoms with Gasteiger partial charge in [-0.2, -0.15) is 0 Å². The number of likely N-dealkylation sites (tertiary alicyclic amines) is 1. The van der Waals surface area contributed by atoms with Gasteiger partial charge in [0, 0.05) is 25.2 Å². The quantitative estimate of drug-likeness (QED) is 0.766. The van der Waals surface area contributed by atoms with Gasteiger partial charge in [0.25, 0.3) is 0 Å². The third kappa shape index (κ3) is 5.17. The van der Waals surface area contributed by atoms with Crippen molar-refractivity contribution < 1.29 is 19.5 Å². The van der Waals surface area contributed by atoms with Crippen LogP contribution in [0.5, 0.6) is 0 Å². The van der Waals surface area contributed by atoms with Gasteiger partial charge in [0.05, 0.1) is 16.5 Å². The molecule has 1 fully saturated rings. The third-order valence-corrected chi connectivity index (χ3v) is 4.41. The highest BCUT2D eigenvalue weighted by Gasteiger charge is 2.34. The molecule has 1 aliphatic heterocycles. The van der Waals surface area contributed by atoms with Crippen LogP contribution in [0.1, 0.15) is 23.2 Å². The molecule has 25 heavy (non-hydrogen) atoms. The zero-order valence-electron chi connectivity index (χ0n) is 14.3. The minimum Gasteiger partial charge on any atom is -0.478 e. The zero-order chi connectivity index (χ0) is 18.6. The van der Waals surface area contributed by atoms with Gasteiger partial charge in [0.2, 0.25) is 11.8 Å². The first-order valence-corrected chi connectivity index (χ1v) is 8.42. The average Bonchev–Trinajstić information content (AvgIpc) is 2.90. The predicted octanol–water partition coefficient (Wildman–Crippen LogP) is 1.78. The van der Waals surface area contributed by atoms with E-state index in [0.717, 1.165) is 13.0 Å². The van der Waals surface area contributed by atoms with Crippen LogP contribution in [0.4, 0.5) is 5.69 Å². The lowest BCUT2D eigenvalue weighted by molar-refractivity contribution is -0.128. The summed E-state index contributed by atoms with van der Waals surface area (Å²) in [4.78, 5) is 39.3. The number of carboxylic acids is 1. The number of hydrogen-bond donors (Lipinski definition) is 2. The zero-order valence-corrected chi connectivity index (χ0v) is 15.0. The molecule has 0 radical (unpaired) electrons. The van der Waals surface area contributed by atoms with E-state index in [1.165, 1.54) is 18.2 Å². The van der Waals surface area contributed by atoms with Crippen molar-refractivity contribution in [3.8, 4) is 0 Å². The standard InChI is InChI=1S/C17H22ClN3O4/c1-20(2)6-3-7-21-10-11(8-15(21)22)16(23)19-12-4-5-14(18)13(9-12)17(24)25/h4-5,9,11H,3,6-8,10H2,1-2H3,(H,19,23)(H,24,25). The van der Waals surface area contributed by atoms with Gasteiger partial charge in [0.1, 0.15) is 0 Å². The minimum atomic E-state index is -1.16. The van der Waals surface area contributed by atoms with Gasteiger partial charge in [-0.1, -0.05) is 11.6 Å². The number of benzene rings is 1. The molecular formula is C17H22ClN3O4. The van der Waals surface area contributed by atoms with Crippen molar-refractivity contribution in [2.45, 2.75) is 12.8 Å². The van der Waals surface area contributed by atoms with Crippen LogP contribution in [-0.2, 0) is 9.59 Å². The largest absolute Gasteiger partial charge is 0.478 e. The van der Waals surface area contributed by atoms with E-state index in [0.29, 0.717) is 18.8 Å². The van der Waals surface area contributed by atoms with Crippen LogP contribution in [0.2, 0.25) is 5.02 Å². The van der Waals surface area contributed by atoms with Crippen LogP contribution in [0, 0.1) is 5.92 Å². The fourth-order valence-electron chi connectivity index (χ4n) is 2.75. The second-order valence-corrected chi connectivity index (χ2v) is 6.79. The summed E-state index contributed by atoms with van der Waals surface area (Å²) in [5, 5.41) is 11.9. The number of carboxylic acid groups (broad SMARTS) is 1. The topological polar surface area (TPSA) is 89.9 Å². The molecule has 0 spiro atoms. The maximum absolute atomic E-state index is 12.4. The number of carbonyl (C=O) groups is 3. The van der Waals surface area contributed by atoms with E-state index >= 15 is 0 Å². The van der Waals surface area contributed by atoms with Gasteiger partial charge >= 0.3 is 5.97 Å². The Balaban J connectivity index is 1.94. The molecule has 1 saturated heterocycles. The van der Waals surface area contributed by atoms with Crippen molar-refractivity contribution in [3.05, 3.63) is 28.8 Å². The van der Waals surface area contributed by atoms with Crippen molar-refractivity contribution in [3.63, 3.8) is 0 Å². The first-order chi connectivity index (χ1) is 11.8. The molecule has 1 aromatic carbocycles. The molecule has 2 N–H and O–H groups in total. The molecule has 136 valence electrons. The van der Waals surface area contributed by atoms with Gasteiger partial charge in [-0.05, 0) is 45.3 Å². The molecular weight excluding hydrogens is 346 g/mol. The molecule has 0 saturated carbocycles. The molecule has 1 aliphatic rings. The van der Waals surface area contributed by atoms with E-state index < -0.39 is 11.9 Å². The third-order valence-electron chi connectivity index (χ3n) is 4.08. The molecule has 1 aromatic rings. The molecule has 1 unspecified atom stereocenters. The summed E-state index contributed by atoms with van der Waals surface area (Å²) in [5.74, 6) is -1.91. The minimum absolute atomic E-state index is 0.0266. The van der Waals surface area contributed by atoms with Gasteiger partial charge in [-0.3, -0.25) is 9.59 Å². The second-order valence-electron chi connectivity index (χ2n) is 6.39. The van der Waals surface area contributed by atoms with Crippen LogP contribution in [-0.4, -0.2) is 66.4 Å². The Morgan fingerprint density at radius 3 is 2.76 bits per heavy atom. The van der Waals surface area contributed by atoms with E-state index in [2.05, 4.69) is 5.32 Å². The Kier molecular flexibility index (Phi) is 6.39. The lowest BCUT2D eigenvalue weighted by Crippen LogP contribution is -2.30. The molecule has 8 heteroatoms. The van der Waals surface area contributed by atoms with E-state index in [1.807, 2.05) is 19.0 Å². The van der Waals surface area contributed by atoms with Crippen molar-refractivity contribution in [2.75, 3.05) is 39.0 Å². The van der Waals surface area contributed by atoms with E-state index in [-0.39, 0.29) is 28.8 Å². The molecule has 0 aliphatic carbocycles. The highest BCUT2D eigenvalue weighted by atomic mass is 35.5. The fourth-order valence-corrected chi connectivity index (χ4v) is 2.95. The average molecular weight is 368 g/mol. The first-order valence-electron chi connectivity index (χ1n) is 8.04. The molecule has 2 rings (SSSR count). The summed E-state index contributed by atoms with van der Waals surface area (Å²) in [5.41, 5.74) is 0.276. The monoisotopic (exact) mass is 367 g/mol. The number of aromatic carboxylic acids is 1. The number of hydrogen-bond acceptors (Lipinski definition) is 4. The lowest BCUT2D eigenvalue weighted by Gasteiger charge is -2.18. The smallest absolute Gasteiger partial charge is 0.337 e. The molecule has 0 aromatic heterocycles. The normalized spacial score (nSPS) is 17.2. The Morgan fingerprint density at radius 1 is 1.40 bits per heavy atom. The second kappa shape index (κ2) is 8.31. The summed E-state index contributed by atoms with van der Waals surface area (Å²) in [6.45, 7) is 1.89. The van der Waals surface area contributed by atoms with Crippen LogP contribution in [0.3, 0.4) is 0 Å². The molecule has 0 bridgehead atoms. The van der Waals surface area contributed by atoms with Crippen LogP contribution in [0.25, 0.3) is 0 Å². The van der Waals surface area contributed by atoms with Gasteiger partial charge < -0.3 is 20.2 Å². The van der Waals surface area contributed by atoms with Crippen molar-refractivity contribution in [2.24, 2.45) is 5.92 Å². The number of nitrogens with one attached hydrogen (secondary N) is 1. The molecule has 7 nitrogen and oxygen atoms in total. The Morgan fingerprint density at radius 2 is 2.12 bits per heavy atom. The Labute approximate surface area is 151 Å². The Bertz CT molecular complexity index is 678. The highest BCUT2D eigenvalue weighted by Crippen LogP contribution is 2.23. The van der Waals surface area contributed by atoms with Gasteiger partial charge in [-0.15, -0.1) is 0 Å². The van der Waals surface area contributed by atoms with E-state index in [1.54, 1.807) is 4.90 Å². The van der Waals surface area contributed by atoms with Crippen molar-refractivity contribution in [1.29, 1.82) is 0 Å². The maximum Gasteiger partial charge on any atom is 0.337 e. The molecule has 2 amide bonds. The summed E-state index contributed by atoms with van der Waals surface area (Å²) in [6, 6.07) is 4.28. The summed E-state index contributed by atoms with van der Waals surface area (Å²) < 4.78 is 0. The van der Waals surface area contributed by atoms with Crippen LogP contribution >= 0.6 is 11.6 Å². The molecule has 1 heterocycles. The van der Waals surface area contributed by atoms with E-state index in [4.69, 9.17) is 16.7 Å². The fraction of sp³-hybridized carbons (Fsp3) is 0.471. The van der Waals surface area contributed by atoms with Gasteiger partial charge in [0.15, 0.2) is 0 Å². The number of carbonyl (C=O) groups excluding carboxylic acids is 2. The van der Waals surface area contributed by atoms with Gasteiger partial charge in [-0.25, -0.2) is 4.79 Å². The van der Waals surface area contributed by atoms with Crippen LogP contribution in [0.15, 0.2) is 18.2 Å². The number of rotatable bonds is 7. The number of amides is 2. The summed E-state index contributed by atoms with van der Waals surface area (Å²) >= 11 is 5.82. The van der Waals surface area contributed by atoms with E-state index in [9.17, 15) is 14.4 Å². The van der Waals surface area contributed by atoms with Crippen molar-refractivity contribution >= 4 is 35.1 Å². The van der Waals surface area contributed by atoms with Crippen molar-refractivity contribution in [1.82, 2.24) is 9.80 Å². The first kappa shape index (κ1) is 19.2. The Hall–Kier alpha value is -2.12. The van der Waals surface area contributed by atoms with Crippen LogP contribution < -0.4 is 5.32 Å². The summed E-state index contributed by atoms with van der Waals surface area (Å²) in [7, 11) is 3.94. The lowest BCUT2D eigenvalue weighted by atomic mass is 10.1. The summed E-state index contributed by atoms with van der Waals surface area (Å²) in [6.07, 6.45) is 1.03. The SMILES string of the molecule is CN(C)CCCN1CC(C(=O)Nc2ccc(Cl)c(C(=O)O)c2)CC1=O. The highest BCUT2D eigenvalue weighted by molar-refractivity contribution is 6.33. The maximum atomic E-state index is 12.4. The predicted molar refractivity (Wildman–Crippen MR) is 94.9 cm³/mol. The number of nitrogens with zero attached hydrogens (tertiary/aromatic N) is 2.